The van der Waals surface area contributed by atoms with E-state index in [1.807, 2.05) is 0 Å². The van der Waals surface area contributed by atoms with Crippen LogP contribution in [0.15, 0.2) is 5.16 Å². The van der Waals surface area contributed by atoms with Gasteiger partial charge in [-0.2, -0.15) is 0 Å². The highest BCUT2D eigenvalue weighted by atomic mass is 16.6. The smallest absolute Gasteiger partial charge is 0.411 e. The number of ether oxygens (including phenoxy) is 2. The average molecular weight is 275 g/mol. The van der Waals surface area contributed by atoms with Crippen molar-refractivity contribution in [3.8, 4) is 0 Å². The van der Waals surface area contributed by atoms with Crippen molar-refractivity contribution in [2.75, 3.05) is 19.7 Å². The number of hydrogen-bond donors (Lipinski definition) is 2. The molecule has 0 heterocycles. The zero-order chi connectivity index (χ0) is 15.1. The maximum Gasteiger partial charge on any atom is 0.411 e. The molecule has 0 aromatic heterocycles. The van der Waals surface area contributed by atoms with Crippen molar-refractivity contribution in [3.05, 3.63) is 0 Å². The molecule has 0 radical (unpaired) electrons. The maximum absolute atomic E-state index is 11.9. The first-order chi connectivity index (χ1) is 8.69. The Balaban J connectivity index is 4.75. The number of nitrogens with zero attached hydrogens (tertiary/aromatic N) is 2. The van der Waals surface area contributed by atoms with E-state index in [0.717, 1.165) is 4.90 Å². The summed E-state index contributed by atoms with van der Waals surface area (Å²) in [5.41, 5.74) is 4.61. The zero-order valence-electron chi connectivity index (χ0n) is 11.7. The molecule has 0 aliphatic heterocycles. The summed E-state index contributed by atoms with van der Waals surface area (Å²) < 4.78 is 9.85. The van der Waals surface area contributed by atoms with E-state index in [0.29, 0.717) is 0 Å². The number of amidine groups is 1. The third-order valence-electron chi connectivity index (χ3n) is 1.76. The number of carbonyl (C=O) groups excluding carboxylic acids is 2. The fraction of sp³-hybridized carbons (Fsp3) is 0.727. The summed E-state index contributed by atoms with van der Waals surface area (Å²) in [5.74, 6) is -0.811. The van der Waals surface area contributed by atoms with Gasteiger partial charge in [-0.3, -0.25) is 9.69 Å². The first-order valence-corrected chi connectivity index (χ1v) is 5.79. The number of esters is 1. The van der Waals surface area contributed by atoms with Crippen molar-refractivity contribution in [1.29, 1.82) is 0 Å². The fourth-order valence-corrected chi connectivity index (χ4v) is 1.10. The van der Waals surface area contributed by atoms with Crippen LogP contribution in [0.4, 0.5) is 4.79 Å². The van der Waals surface area contributed by atoms with Crippen LogP contribution in [0.1, 0.15) is 27.7 Å². The summed E-state index contributed by atoms with van der Waals surface area (Å²) in [6, 6.07) is 0. The lowest BCUT2D eigenvalue weighted by Gasteiger charge is -2.26. The molecule has 1 amide bonds. The minimum absolute atomic E-state index is 0.199. The van der Waals surface area contributed by atoms with Gasteiger partial charge in [0.15, 0.2) is 5.84 Å². The molecule has 0 atom stereocenters. The molecule has 8 nitrogen and oxygen atoms in total. The molecule has 0 bridgehead atoms. The van der Waals surface area contributed by atoms with Crippen molar-refractivity contribution in [3.63, 3.8) is 0 Å². The molecule has 0 aliphatic carbocycles. The summed E-state index contributed by atoms with van der Waals surface area (Å²) in [6.07, 6.45) is -0.743. The van der Waals surface area contributed by atoms with Crippen molar-refractivity contribution >= 4 is 17.9 Å². The molecule has 0 fully saturated rings. The first kappa shape index (κ1) is 17.0. The molecule has 19 heavy (non-hydrogen) atoms. The Labute approximate surface area is 112 Å². The van der Waals surface area contributed by atoms with Crippen LogP contribution in [0.3, 0.4) is 0 Å². The average Bonchev–Trinajstić information content (AvgIpc) is 2.25. The van der Waals surface area contributed by atoms with Gasteiger partial charge in [0.2, 0.25) is 0 Å². The molecule has 0 saturated carbocycles. The molecule has 3 N–H and O–H groups in total. The van der Waals surface area contributed by atoms with E-state index in [1.165, 1.54) is 0 Å². The Morgan fingerprint density at radius 3 is 2.32 bits per heavy atom. The molecular weight excluding hydrogens is 254 g/mol. The topological polar surface area (TPSA) is 114 Å². The molecule has 0 unspecified atom stereocenters. The number of amides is 1. The van der Waals surface area contributed by atoms with Gasteiger partial charge < -0.3 is 20.4 Å². The van der Waals surface area contributed by atoms with E-state index < -0.39 is 17.7 Å². The Bertz CT molecular complexity index is 349. The number of hydrogen-bond acceptors (Lipinski definition) is 6. The molecule has 0 saturated heterocycles. The van der Waals surface area contributed by atoms with Crippen LogP contribution in [-0.4, -0.2) is 53.3 Å². The minimum atomic E-state index is -0.743. The molecule has 0 aromatic rings. The summed E-state index contributed by atoms with van der Waals surface area (Å²) in [7, 11) is 0. The largest absolute Gasteiger partial charge is 0.465 e. The van der Waals surface area contributed by atoms with Gasteiger partial charge in [0.05, 0.1) is 13.2 Å². The molecule has 0 rings (SSSR count). The van der Waals surface area contributed by atoms with Crippen LogP contribution in [0.5, 0.6) is 0 Å². The van der Waals surface area contributed by atoms with Gasteiger partial charge in [-0.05, 0) is 27.7 Å². The standard InChI is InChI=1S/C11H21N3O5/c1-5-18-9(15)7-14(6-8(12)13-17)10(16)19-11(2,3)4/h17H,5-7H2,1-4H3,(H2,12,13). The van der Waals surface area contributed by atoms with Crippen LogP contribution in [-0.2, 0) is 14.3 Å². The van der Waals surface area contributed by atoms with Crippen molar-refractivity contribution in [2.24, 2.45) is 10.9 Å². The van der Waals surface area contributed by atoms with Gasteiger partial charge in [-0.15, -0.1) is 0 Å². The highest BCUT2D eigenvalue weighted by Gasteiger charge is 2.25. The molecule has 0 aliphatic rings. The second-order valence-corrected chi connectivity index (χ2v) is 4.73. The minimum Gasteiger partial charge on any atom is -0.465 e. The van der Waals surface area contributed by atoms with Gasteiger partial charge in [-0.1, -0.05) is 5.16 Å². The SMILES string of the molecule is CCOC(=O)CN(C/C(N)=N/O)C(=O)OC(C)(C)C. The van der Waals surface area contributed by atoms with E-state index in [1.54, 1.807) is 27.7 Å². The molecular formula is C11H21N3O5. The lowest BCUT2D eigenvalue weighted by atomic mass is 10.2. The van der Waals surface area contributed by atoms with E-state index in [9.17, 15) is 9.59 Å². The molecule has 110 valence electrons. The second kappa shape index (κ2) is 7.45. The van der Waals surface area contributed by atoms with Gasteiger partial charge in [0.1, 0.15) is 12.1 Å². The van der Waals surface area contributed by atoms with Gasteiger partial charge in [0, 0.05) is 0 Å². The Morgan fingerprint density at radius 2 is 1.89 bits per heavy atom. The monoisotopic (exact) mass is 275 g/mol. The maximum atomic E-state index is 11.9. The van der Waals surface area contributed by atoms with Crippen LogP contribution in [0.2, 0.25) is 0 Å². The summed E-state index contributed by atoms with van der Waals surface area (Å²) >= 11 is 0. The van der Waals surface area contributed by atoms with Crippen LogP contribution in [0.25, 0.3) is 0 Å². The number of carbonyl (C=O) groups is 2. The third-order valence-corrected chi connectivity index (χ3v) is 1.76. The highest BCUT2D eigenvalue weighted by molar-refractivity contribution is 5.87. The van der Waals surface area contributed by atoms with Crippen LogP contribution >= 0.6 is 0 Å². The van der Waals surface area contributed by atoms with Crippen molar-refractivity contribution < 1.29 is 24.3 Å². The van der Waals surface area contributed by atoms with E-state index >= 15 is 0 Å². The third kappa shape index (κ3) is 7.85. The summed E-state index contributed by atoms with van der Waals surface area (Å²) in [4.78, 5) is 24.2. The molecule has 0 aromatic carbocycles. The summed E-state index contributed by atoms with van der Waals surface area (Å²) in [6.45, 7) is 6.36. The lowest BCUT2D eigenvalue weighted by molar-refractivity contribution is -0.144. The zero-order valence-corrected chi connectivity index (χ0v) is 11.7. The van der Waals surface area contributed by atoms with Gasteiger partial charge in [-0.25, -0.2) is 4.79 Å². The lowest BCUT2D eigenvalue weighted by Crippen LogP contribution is -2.44. The van der Waals surface area contributed by atoms with E-state index in [4.69, 9.17) is 20.4 Å². The number of oxime groups is 1. The summed E-state index contributed by atoms with van der Waals surface area (Å²) in [5, 5.41) is 11.3. The second-order valence-electron chi connectivity index (χ2n) is 4.73. The Kier molecular flexibility index (Phi) is 6.67. The number of rotatable bonds is 5. The fourth-order valence-electron chi connectivity index (χ4n) is 1.10. The Morgan fingerprint density at radius 1 is 1.32 bits per heavy atom. The van der Waals surface area contributed by atoms with E-state index in [2.05, 4.69) is 5.16 Å². The molecule has 8 heteroatoms. The highest BCUT2D eigenvalue weighted by Crippen LogP contribution is 2.09. The van der Waals surface area contributed by atoms with Gasteiger partial charge in [0.25, 0.3) is 0 Å². The Hall–Kier alpha value is -1.99. The van der Waals surface area contributed by atoms with Gasteiger partial charge >= 0.3 is 12.1 Å². The van der Waals surface area contributed by atoms with Crippen molar-refractivity contribution in [2.45, 2.75) is 33.3 Å². The van der Waals surface area contributed by atoms with Crippen molar-refractivity contribution in [1.82, 2.24) is 4.90 Å². The van der Waals surface area contributed by atoms with Crippen LogP contribution < -0.4 is 5.73 Å². The van der Waals surface area contributed by atoms with E-state index in [-0.39, 0.29) is 25.5 Å². The predicted octanol–water partition coefficient (Wildman–Crippen LogP) is 0.533. The number of nitrogens with two attached hydrogens (primary N) is 1. The normalized spacial score (nSPS) is 11.9. The first-order valence-electron chi connectivity index (χ1n) is 5.79. The quantitative estimate of drug-likeness (QED) is 0.249. The van der Waals surface area contributed by atoms with Crippen LogP contribution in [0, 0.1) is 0 Å². The molecule has 0 spiro atoms. The predicted molar refractivity (Wildman–Crippen MR) is 67.8 cm³/mol.